The van der Waals surface area contributed by atoms with E-state index in [1.807, 2.05) is 23.1 Å². The first-order valence-corrected chi connectivity index (χ1v) is 11.3. The van der Waals surface area contributed by atoms with Gasteiger partial charge in [0.2, 0.25) is 11.8 Å². The zero-order valence-electron chi connectivity index (χ0n) is 21.0. The minimum absolute atomic E-state index is 0. The molecule has 1 radical (unpaired) electrons. The van der Waals surface area contributed by atoms with Crippen molar-refractivity contribution in [2.24, 2.45) is 0 Å². The molecule has 1 saturated heterocycles. The summed E-state index contributed by atoms with van der Waals surface area (Å²) in [6, 6.07) is 5.52. The molecule has 2 amide bonds. The van der Waals surface area contributed by atoms with Crippen molar-refractivity contribution in [2.45, 2.75) is 51.0 Å². The fourth-order valence-corrected chi connectivity index (χ4v) is 3.70. The quantitative estimate of drug-likeness (QED) is 0.0835. The molecule has 1 unspecified atom stereocenters. The number of pyridine rings is 1. The second-order valence-electron chi connectivity index (χ2n) is 7.72. The van der Waals surface area contributed by atoms with Gasteiger partial charge in [0.05, 0.1) is 24.7 Å². The first kappa shape index (κ1) is 39.7. The van der Waals surface area contributed by atoms with Gasteiger partial charge >= 0.3 is 13.1 Å². The van der Waals surface area contributed by atoms with Crippen molar-refractivity contribution in [3.05, 3.63) is 30.1 Å². The number of carbonyl (C=O) groups is 3. The number of hydrogen-bond donors (Lipinski definition) is 4. The summed E-state index contributed by atoms with van der Waals surface area (Å²) in [5, 5.41) is 30.3. The second kappa shape index (κ2) is 25.8. The van der Waals surface area contributed by atoms with Crippen LogP contribution in [-0.4, -0.2) is 107 Å². The van der Waals surface area contributed by atoms with E-state index in [4.69, 9.17) is 19.5 Å². The average Bonchev–Trinajstić information content (AvgIpc) is 3.41. The van der Waals surface area contributed by atoms with E-state index in [9.17, 15) is 24.4 Å². The molecule has 15 heteroatoms. The molecule has 1 atom stereocenters. The number of nitrogens with zero attached hydrogens (tertiary/aromatic N) is 3. The molecule has 0 aliphatic carbocycles. The predicted molar refractivity (Wildman–Crippen MR) is 134 cm³/mol. The van der Waals surface area contributed by atoms with Gasteiger partial charge in [0.25, 0.3) is 0 Å². The molecule has 2 heterocycles. The molecule has 4 N–H and O–H groups in total. The maximum absolute atomic E-state index is 12.2. The summed E-state index contributed by atoms with van der Waals surface area (Å²) in [4.78, 5) is 65.9. The first-order valence-electron chi connectivity index (χ1n) is 11.3. The number of carboxylic acids is 1. The summed E-state index contributed by atoms with van der Waals surface area (Å²) >= 11 is 0. The molecule has 0 spiro atoms. The molecule has 0 aromatic carbocycles. The van der Waals surface area contributed by atoms with E-state index < -0.39 is 19.0 Å². The van der Waals surface area contributed by atoms with Crippen molar-refractivity contribution in [2.75, 3.05) is 26.2 Å². The standard InChI is InChI=1S/C20H31BN4O6.3CHO.Re/c26-18(23-13-19(27)25-12-6-8-17(25)21(30)31)9-2-1-5-11-24(15-20(28)29)14-16-7-3-4-10-22-16;3*1-2;/h3-4,7,10,17,30-31H,1-2,5-6,8-9,11-15H2,(H,23,26)(H,28,29);3*1H;/q;3*-1;. The van der Waals surface area contributed by atoms with Gasteiger partial charge in [-0.25, -0.2) is 0 Å². The fraction of sp³-hybridized carbons (Fsp3) is 0.522. The van der Waals surface area contributed by atoms with E-state index in [-0.39, 0.29) is 51.7 Å². The Bertz CT molecular complexity index is 776. The van der Waals surface area contributed by atoms with Gasteiger partial charge in [0.15, 0.2) is 0 Å². The van der Waals surface area contributed by atoms with Gasteiger partial charge in [0.1, 0.15) is 0 Å². The van der Waals surface area contributed by atoms with Gasteiger partial charge < -0.3 is 39.8 Å². The summed E-state index contributed by atoms with van der Waals surface area (Å²) in [5.41, 5.74) is 0.807. The van der Waals surface area contributed by atoms with Crippen molar-refractivity contribution in [1.29, 1.82) is 0 Å². The summed E-state index contributed by atoms with van der Waals surface area (Å²) in [5.74, 6) is -2.05. The minimum Gasteiger partial charge on any atom is -0.545 e. The normalized spacial score (nSPS) is 13.2. The number of carboxylic acid groups (broad SMARTS) is 1. The van der Waals surface area contributed by atoms with Crippen LogP contribution in [0.1, 0.15) is 44.2 Å². The van der Waals surface area contributed by atoms with Gasteiger partial charge in [0, 0.05) is 46.1 Å². The maximum Gasteiger partial charge on any atom is 0.475 e. The van der Waals surface area contributed by atoms with Crippen LogP contribution in [0, 0.1) is 0 Å². The maximum atomic E-state index is 12.2. The van der Waals surface area contributed by atoms with Gasteiger partial charge in [-0.2, -0.15) is 0 Å². The van der Waals surface area contributed by atoms with Crippen LogP contribution < -0.4 is 5.32 Å². The third-order valence-electron chi connectivity index (χ3n) is 5.25. The van der Waals surface area contributed by atoms with Gasteiger partial charge in [-0.15, -0.1) is 0 Å². The Balaban J connectivity index is -0.00000163. The third-order valence-corrected chi connectivity index (χ3v) is 5.25. The average molecular weight is 708 g/mol. The Labute approximate surface area is 236 Å². The molecule has 1 aromatic rings. The number of carbonyl (C=O) groups excluding carboxylic acids is 5. The molecule has 213 valence electrons. The van der Waals surface area contributed by atoms with Gasteiger partial charge in [-0.3, -0.25) is 44.6 Å². The molecule has 0 saturated carbocycles. The van der Waals surface area contributed by atoms with E-state index in [0.29, 0.717) is 38.9 Å². The van der Waals surface area contributed by atoms with E-state index in [2.05, 4.69) is 30.7 Å². The molecule has 1 aliphatic heterocycles. The largest absolute Gasteiger partial charge is 0.545 e. The summed E-state index contributed by atoms with van der Waals surface area (Å²) in [6.45, 7) is 11.0. The van der Waals surface area contributed by atoms with Crippen LogP contribution in [0.3, 0.4) is 0 Å². The van der Waals surface area contributed by atoms with E-state index in [0.717, 1.165) is 18.5 Å². The Hall–Kier alpha value is -2.82. The number of amides is 2. The van der Waals surface area contributed by atoms with Crippen LogP contribution in [0.2, 0.25) is 0 Å². The summed E-state index contributed by atoms with van der Waals surface area (Å²) in [7, 11) is -1.57. The predicted octanol–water partition coefficient (Wildman–Crippen LogP) is -1.18. The number of hydrogen-bond acceptors (Lipinski definition) is 10. The topological polar surface area (TPSA) is 195 Å². The van der Waals surface area contributed by atoms with Gasteiger partial charge in [-0.1, -0.05) is 12.5 Å². The zero-order chi connectivity index (χ0) is 28.6. The second-order valence-corrected chi connectivity index (χ2v) is 7.72. The number of unbranched alkanes of at least 4 members (excludes halogenated alkanes) is 2. The van der Waals surface area contributed by atoms with Crippen LogP contribution in [0.4, 0.5) is 0 Å². The Morgan fingerprint density at radius 2 is 1.74 bits per heavy atom. The minimum atomic E-state index is -1.57. The Morgan fingerprint density at radius 3 is 2.29 bits per heavy atom. The third kappa shape index (κ3) is 17.6. The van der Waals surface area contributed by atoms with Crippen LogP contribution in [0.25, 0.3) is 0 Å². The van der Waals surface area contributed by atoms with Crippen LogP contribution in [0.5, 0.6) is 0 Å². The summed E-state index contributed by atoms with van der Waals surface area (Å²) in [6.07, 6.45) is 5.33. The Kier molecular flexibility index (Phi) is 27.0. The van der Waals surface area contributed by atoms with E-state index >= 15 is 0 Å². The first-order chi connectivity index (χ1) is 17.9. The van der Waals surface area contributed by atoms with Crippen molar-refractivity contribution < 1.29 is 64.3 Å². The Morgan fingerprint density at radius 1 is 1.08 bits per heavy atom. The molecule has 1 aromatic heterocycles. The molecular weight excluding hydrogens is 673 g/mol. The number of nitrogens with one attached hydrogen (secondary N) is 1. The molecule has 13 nitrogen and oxygen atoms in total. The van der Waals surface area contributed by atoms with E-state index in [1.54, 1.807) is 6.20 Å². The molecule has 2 rings (SSSR count). The molecule has 1 aliphatic rings. The van der Waals surface area contributed by atoms with Crippen LogP contribution in [0.15, 0.2) is 24.4 Å². The number of likely N-dealkylation sites (tertiary alicyclic amines) is 1. The van der Waals surface area contributed by atoms with Crippen molar-refractivity contribution in [3.8, 4) is 0 Å². The number of aliphatic carboxylic acids is 1. The molecule has 1 fully saturated rings. The smallest absolute Gasteiger partial charge is 0.475 e. The van der Waals surface area contributed by atoms with E-state index in [1.165, 1.54) is 4.90 Å². The van der Waals surface area contributed by atoms with Gasteiger partial charge in [-0.05, 0) is 44.4 Å². The van der Waals surface area contributed by atoms with Crippen LogP contribution in [-0.2, 0) is 55.7 Å². The zero-order valence-corrected chi connectivity index (χ0v) is 23.7. The van der Waals surface area contributed by atoms with Crippen molar-refractivity contribution in [1.82, 2.24) is 20.1 Å². The van der Waals surface area contributed by atoms with Crippen molar-refractivity contribution in [3.63, 3.8) is 0 Å². The summed E-state index contributed by atoms with van der Waals surface area (Å²) < 4.78 is 0. The molecule has 0 bridgehead atoms. The van der Waals surface area contributed by atoms with Crippen LogP contribution >= 0.6 is 0 Å². The molecule has 38 heavy (non-hydrogen) atoms. The fourth-order valence-electron chi connectivity index (χ4n) is 3.70. The number of aromatic nitrogens is 1. The number of rotatable bonds is 13. The van der Waals surface area contributed by atoms with Crippen molar-refractivity contribution >= 4 is 45.3 Å². The SMILES string of the molecule is O=C(O)CN(CCCCCC(=O)NCC(=O)N1CCCC1B(O)O)Cc1ccccn1.[CH-]=O.[CH-]=O.[CH-]=O.[Re]. The monoisotopic (exact) mass is 708 g/mol. The molecular formula is C23H34BN4O9Re-3.